The minimum atomic E-state index is -1.35. The normalized spacial score (nSPS) is 13.0. The number of pyridine rings is 1. The number of aliphatic hydroxyl groups excluding tert-OH is 1. The SMILES string of the molecule is COc1cc(OC)c2c(c1)c(OC)c(C[C@H](O)C(C)(C)O)c(=O)n2C. The summed E-state index contributed by atoms with van der Waals surface area (Å²) >= 11 is 0. The van der Waals surface area contributed by atoms with Crippen LogP contribution in [0.2, 0.25) is 0 Å². The van der Waals surface area contributed by atoms with Crippen molar-refractivity contribution in [1.82, 2.24) is 4.57 Å². The number of aliphatic hydroxyl groups is 2. The van der Waals surface area contributed by atoms with E-state index < -0.39 is 11.7 Å². The van der Waals surface area contributed by atoms with E-state index in [0.717, 1.165) is 0 Å². The molecule has 0 aliphatic rings. The summed E-state index contributed by atoms with van der Waals surface area (Å²) in [6, 6.07) is 3.43. The molecule has 25 heavy (non-hydrogen) atoms. The van der Waals surface area contributed by atoms with Crippen LogP contribution in [0.1, 0.15) is 19.4 Å². The van der Waals surface area contributed by atoms with Gasteiger partial charge in [0.15, 0.2) is 0 Å². The van der Waals surface area contributed by atoms with Gasteiger partial charge in [-0.15, -0.1) is 0 Å². The van der Waals surface area contributed by atoms with Crippen LogP contribution in [0.4, 0.5) is 0 Å². The molecule has 0 radical (unpaired) electrons. The number of benzene rings is 1. The van der Waals surface area contributed by atoms with Crippen LogP contribution < -0.4 is 19.8 Å². The van der Waals surface area contributed by atoms with Gasteiger partial charge in [0.1, 0.15) is 17.2 Å². The molecule has 1 aromatic heterocycles. The van der Waals surface area contributed by atoms with Crippen LogP contribution in [0.5, 0.6) is 17.2 Å². The van der Waals surface area contributed by atoms with Gasteiger partial charge in [0, 0.05) is 24.9 Å². The topological polar surface area (TPSA) is 90.2 Å². The van der Waals surface area contributed by atoms with E-state index in [1.54, 1.807) is 19.2 Å². The van der Waals surface area contributed by atoms with Crippen molar-refractivity contribution in [2.24, 2.45) is 7.05 Å². The number of ether oxygens (including phenoxy) is 3. The molecule has 7 nitrogen and oxygen atoms in total. The molecule has 1 atom stereocenters. The molecule has 7 heteroatoms. The lowest BCUT2D eigenvalue weighted by Gasteiger charge is -2.25. The third kappa shape index (κ3) is 3.43. The molecule has 0 saturated carbocycles. The molecule has 0 aliphatic carbocycles. The Balaban J connectivity index is 2.84. The Morgan fingerprint density at radius 1 is 1.16 bits per heavy atom. The van der Waals surface area contributed by atoms with Crippen molar-refractivity contribution >= 4 is 10.9 Å². The lowest BCUT2D eigenvalue weighted by Crippen LogP contribution is -2.39. The maximum absolute atomic E-state index is 12.9. The minimum absolute atomic E-state index is 0.0468. The minimum Gasteiger partial charge on any atom is -0.497 e. The molecule has 138 valence electrons. The van der Waals surface area contributed by atoms with Crippen molar-refractivity contribution < 1.29 is 24.4 Å². The fourth-order valence-corrected chi connectivity index (χ4v) is 2.80. The van der Waals surface area contributed by atoms with E-state index in [-0.39, 0.29) is 17.5 Å². The molecule has 0 spiro atoms. The Kier molecular flexibility index (Phi) is 5.29. The fourth-order valence-electron chi connectivity index (χ4n) is 2.80. The maximum Gasteiger partial charge on any atom is 0.257 e. The number of aromatic nitrogens is 1. The van der Waals surface area contributed by atoms with E-state index in [1.165, 1.54) is 39.7 Å². The van der Waals surface area contributed by atoms with E-state index >= 15 is 0 Å². The third-order valence-electron chi connectivity index (χ3n) is 4.34. The number of aryl methyl sites for hydroxylation is 1. The van der Waals surface area contributed by atoms with Crippen molar-refractivity contribution in [2.45, 2.75) is 32.0 Å². The predicted molar refractivity (Wildman–Crippen MR) is 94.9 cm³/mol. The van der Waals surface area contributed by atoms with Gasteiger partial charge in [0.05, 0.1) is 44.1 Å². The molecule has 0 unspecified atom stereocenters. The molecular formula is C18H25NO6. The molecule has 2 rings (SSSR count). The Morgan fingerprint density at radius 3 is 2.28 bits per heavy atom. The summed E-state index contributed by atoms with van der Waals surface area (Å²) in [6.45, 7) is 2.98. The second-order valence-electron chi connectivity index (χ2n) is 6.48. The van der Waals surface area contributed by atoms with E-state index in [4.69, 9.17) is 14.2 Å². The summed E-state index contributed by atoms with van der Waals surface area (Å²) in [5.41, 5.74) is -0.831. The van der Waals surface area contributed by atoms with Crippen molar-refractivity contribution in [2.75, 3.05) is 21.3 Å². The number of rotatable bonds is 6. The number of fused-ring (bicyclic) bond motifs is 1. The number of methoxy groups -OCH3 is 3. The molecule has 1 heterocycles. The van der Waals surface area contributed by atoms with E-state index in [2.05, 4.69) is 0 Å². The first-order valence-corrected chi connectivity index (χ1v) is 7.87. The molecule has 1 aromatic carbocycles. The first-order valence-electron chi connectivity index (χ1n) is 7.87. The molecule has 0 aliphatic heterocycles. The quantitative estimate of drug-likeness (QED) is 0.814. The Morgan fingerprint density at radius 2 is 1.80 bits per heavy atom. The zero-order valence-electron chi connectivity index (χ0n) is 15.4. The highest BCUT2D eigenvalue weighted by atomic mass is 16.5. The summed E-state index contributed by atoms with van der Waals surface area (Å²) in [7, 11) is 6.13. The van der Waals surface area contributed by atoms with Gasteiger partial charge in [0.25, 0.3) is 5.56 Å². The van der Waals surface area contributed by atoms with Gasteiger partial charge in [-0.25, -0.2) is 0 Å². The largest absolute Gasteiger partial charge is 0.497 e. The lowest BCUT2D eigenvalue weighted by atomic mass is 9.94. The third-order valence-corrected chi connectivity index (χ3v) is 4.34. The average Bonchev–Trinajstić information content (AvgIpc) is 2.57. The van der Waals surface area contributed by atoms with Gasteiger partial charge in [-0.2, -0.15) is 0 Å². The summed E-state index contributed by atoms with van der Waals surface area (Å²) in [5, 5.41) is 20.9. The summed E-state index contributed by atoms with van der Waals surface area (Å²) in [4.78, 5) is 12.9. The van der Waals surface area contributed by atoms with E-state index in [1.807, 2.05) is 0 Å². The van der Waals surface area contributed by atoms with Gasteiger partial charge in [-0.3, -0.25) is 4.79 Å². The zero-order valence-corrected chi connectivity index (χ0v) is 15.4. The molecule has 0 amide bonds. The fraction of sp³-hybridized carbons (Fsp3) is 0.500. The molecule has 2 aromatic rings. The predicted octanol–water partition coefficient (Wildman–Crippen LogP) is 1.24. The van der Waals surface area contributed by atoms with Gasteiger partial charge in [0.2, 0.25) is 0 Å². The first-order chi connectivity index (χ1) is 11.6. The van der Waals surface area contributed by atoms with Crippen LogP contribution in [0.25, 0.3) is 10.9 Å². The van der Waals surface area contributed by atoms with Crippen molar-refractivity contribution in [3.8, 4) is 17.2 Å². The molecule has 0 bridgehead atoms. The number of nitrogens with zero attached hydrogens (tertiary/aromatic N) is 1. The van der Waals surface area contributed by atoms with Crippen molar-refractivity contribution in [1.29, 1.82) is 0 Å². The molecule has 0 saturated heterocycles. The summed E-state index contributed by atoms with van der Waals surface area (Å²) in [6.07, 6.45) is -1.17. The zero-order chi connectivity index (χ0) is 18.9. The number of hydrogen-bond donors (Lipinski definition) is 2. The van der Waals surface area contributed by atoms with Crippen molar-refractivity contribution in [3.05, 3.63) is 28.0 Å². The summed E-state index contributed by atoms with van der Waals surface area (Å²) in [5.74, 6) is 1.36. The van der Waals surface area contributed by atoms with Gasteiger partial charge in [-0.05, 0) is 19.9 Å². The number of hydrogen-bond acceptors (Lipinski definition) is 6. The van der Waals surface area contributed by atoms with Gasteiger partial charge < -0.3 is 29.0 Å². The van der Waals surface area contributed by atoms with Crippen LogP contribution in [-0.2, 0) is 13.5 Å². The second-order valence-corrected chi connectivity index (χ2v) is 6.48. The Labute approximate surface area is 146 Å². The standard InChI is InChI=1S/C18H25NO6/c1-18(2,22)14(20)9-12-16(25-6)11-7-10(23-4)8-13(24-5)15(11)19(3)17(12)21/h7-8,14,20,22H,9H2,1-6H3/t14-/m0/s1. The van der Waals surface area contributed by atoms with Crippen LogP contribution in [0.3, 0.4) is 0 Å². The van der Waals surface area contributed by atoms with Crippen LogP contribution >= 0.6 is 0 Å². The first kappa shape index (κ1) is 19.1. The average molecular weight is 351 g/mol. The van der Waals surface area contributed by atoms with E-state index in [0.29, 0.717) is 28.2 Å². The van der Waals surface area contributed by atoms with Crippen molar-refractivity contribution in [3.63, 3.8) is 0 Å². The Hall–Kier alpha value is -2.25. The van der Waals surface area contributed by atoms with Crippen LogP contribution in [0, 0.1) is 0 Å². The highest BCUT2D eigenvalue weighted by molar-refractivity contribution is 5.92. The monoisotopic (exact) mass is 351 g/mol. The van der Waals surface area contributed by atoms with Gasteiger partial charge in [-0.1, -0.05) is 0 Å². The second kappa shape index (κ2) is 6.93. The lowest BCUT2D eigenvalue weighted by molar-refractivity contribution is -0.0472. The highest BCUT2D eigenvalue weighted by Gasteiger charge is 2.29. The molecule has 2 N–H and O–H groups in total. The van der Waals surface area contributed by atoms with Crippen LogP contribution in [-0.4, -0.2) is 47.8 Å². The van der Waals surface area contributed by atoms with E-state index in [9.17, 15) is 15.0 Å². The molecular weight excluding hydrogens is 326 g/mol. The molecule has 0 fully saturated rings. The smallest absolute Gasteiger partial charge is 0.257 e. The summed E-state index contributed by atoms with van der Waals surface area (Å²) < 4.78 is 17.6. The van der Waals surface area contributed by atoms with Crippen LogP contribution in [0.15, 0.2) is 16.9 Å². The Bertz CT molecular complexity index is 834. The highest BCUT2D eigenvalue weighted by Crippen LogP contribution is 2.37. The van der Waals surface area contributed by atoms with Gasteiger partial charge >= 0.3 is 0 Å². The maximum atomic E-state index is 12.9.